The van der Waals surface area contributed by atoms with Gasteiger partial charge in [0, 0.05) is 25.4 Å². The SMILES string of the molecule is CCCNC(=O)C(Cc1ccccc1)N(Cc1ccc(OC)cc1)C(=O)C(C)C. The summed E-state index contributed by atoms with van der Waals surface area (Å²) in [5.74, 6) is 0.411. The second-order valence-corrected chi connectivity index (χ2v) is 7.47. The summed E-state index contributed by atoms with van der Waals surface area (Å²) < 4.78 is 5.22. The number of nitrogens with zero attached hydrogens (tertiary/aromatic N) is 1. The van der Waals surface area contributed by atoms with Crippen LogP contribution in [0.15, 0.2) is 54.6 Å². The van der Waals surface area contributed by atoms with Crippen molar-refractivity contribution in [3.05, 3.63) is 65.7 Å². The minimum Gasteiger partial charge on any atom is -0.497 e. The van der Waals surface area contributed by atoms with Crippen LogP contribution in [0.25, 0.3) is 0 Å². The van der Waals surface area contributed by atoms with Gasteiger partial charge in [-0.25, -0.2) is 0 Å². The summed E-state index contributed by atoms with van der Waals surface area (Å²) in [6.07, 6.45) is 1.32. The van der Waals surface area contributed by atoms with E-state index in [1.54, 1.807) is 12.0 Å². The number of nitrogens with one attached hydrogen (secondary N) is 1. The first kappa shape index (κ1) is 22.5. The molecule has 1 unspecified atom stereocenters. The molecule has 0 heterocycles. The van der Waals surface area contributed by atoms with Crippen molar-refractivity contribution in [2.75, 3.05) is 13.7 Å². The van der Waals surface area contributed by atoms with E-state index in [1.165, 1.54) is 0 Å². The quantitative estimate of drug-likeness (QED) is 0.664. The first-order valence-corrected chi connectivity index (χ1v) is 10.2. The first-order valence-electron chi connectivity index (χ1n) is 10.2. The van der Waals surface area contributed by atoms with E-state index in [2.05, 4.69) is 5.32 Å². The Labute approximate surface area is 174 Å². The van der Waals surface area contributed by atoms with Crippen LogP contribution in [-0.4, -0.2) is 36.4 Å². The summed E-state index contributed by atoms with van der Waals surface area (Å²) in [5, 5.41) is 2.98. The smallest absolute Gasteiger partial charge is 0.243 e. The number of carbonyl (C=O) groups excluding carboxylic acids is 2. The fraction of sp³-hybridized carbons (Fsp3) is 0.417. The number of carbonyl (C=O) groups is 2. The van der Waals surface area contributed by atoms with Gasteiger partial charge in [-0.2, -0.15) is 0 Å². The molecule has 0 aliphatic carbocycles. The van der Waals surface area contributed by atoms with E-state index in [1.807, 2.05) is 75.4 Å². The maximum absolute atomic E-state index is 13.1. The molecule has 2 aromatic rings. The lowest BCUT2D eigenvalue weighted by molar-refractivity contribution is -0.143. The Morgan fingerprint density at radius 3 is 2.21 bits per heavy atom. The van der Waals surface area contributed by atoms with Gasteiger partial charge in [-0.15, -0.1) is 0 Å². The molecular weight excluding hydrogens is 364 g/mol. The van der Waals surface area contributed by atoms with Crippen molar-refractivity contribution < 1.29 is 14.3 Å². The Kier molecular flexibility index (Phi) is 8.71. The van der Waals surface area contributed by atoms with Crippen molar-refractivity contribution in [2.24, 2.45) is 5.92 Å². The lowest BCUT2D eigenvalue weighted by Crippen LogP contribution is -2.51. The number of hydrogen-bond donors (Lipinski definition) is 1. The Morgan fingerprint density at radius 1 is 1.00 bits per heavy atom. The normalized spacial score (nSPS) is 11.8. The van der Waals surface area contributed by atoms with Crippen LogP contribution in [0.5, 0.6) is 5.75 Å². The second-order valence-electron chi connectivity index (χ2n) is 7.47. The predicted molar refractivity (Wildman–Crippen MR) is 116 cm³/mol. The molecular formula is C24H32N2O3. The molecule has 0 spiro atoms. The Bertz CT molecular complexity index is 772. The number of amides is 2. The third kappa shape index (κ3) is 6.63. The van der Waals surface area contributed by atoms with Crippen LogP contribution in [0.3, 0.4) is 0 Å². The number of rotatable bonds is 10. The Morgan fingerprint density at radius 2 is 1.66 bits per heavy atom. The van der Waals surface area contributed by atoms with Crippen LogP contribution in [0.4, 0.5) is 0 Å². The van der Waals surface area contributed by atoms with Gasteiger partial charge in [-0.05, 0) is 29.7 Å². The van der Waals surface area contributed by atoms with Crippen molar-refractivity contribution in [1.29, 1.82) is 0 Å². The number of hydrogen-bond acceptors (Lipinski definition) is 3. The van der Waals surface area contributed by atoms with Crippen molar-refractivity contribution in [3.8, 4) is 5.75 Å². The molecule has 1 atom stereocenters. The van der Waals surface area contributed by atoms with Crippen LogP contribution in [0.1, 0.15) is 38.3 Å². The summed E-state index contributed by atoms with van der Waals surface area (Å²) in [7, 11) is 1.62. The van der Waals surface area contributed by atoms with Crippen LogP contribution < -0.4 is 10.1 Å². The van der Waals surface area contributed by atoms with Gasteiger partial charge in [0.1, 0.15) is 11.8 Å². The molecule has 0 aliphatic heterocycles. The first-order chi connectivity index (χ1) is 14.0. The molecule has 1 N–H and O–H groups in total. The molecule has 29 heavy (non-hydrogen) atoms. The van der Waals surface area contributed by atoms with E-state index >= 15 is 0 Å². The van der Waals surface area contributed by atoms with E-state index < -0.39 is 6.04 Å². The van der Waals surface area contributed by atoms with Gasteiger partial charge in [0.2, 0.25) is 11.8 Å². The average molecular weight is 397 g/mol. The molecule has 5 heteroatoms. The zero-order valence-electron chi connectivity index (χ0n) is 17.9. The summed E-state index contributed by atoms with van der Waals surface area (Å²) in [6.45, 7) is 6.72. The van der Waals surface area contributed by atoms with E-state index in [0.717, 1.165) is 23.3 Å². The molecule has 0 radical (unpaired) electrons. The second kappa shape index (κ2) is 11.2. The number of methoxy groups -OCH3 is 1. The van der Waals surface area contributed by atoms with Crippen molar-refractivity contribution in [1.82, 2.24) is 10.2 Å². The van der Waals surface area contributed by atoms with Gasteiger partial charge in [-0.3, -0.25) is 9.59 Å². The van der Waals surface area contributed by atoms with E-state index in [-0.39, 0.29) is 17.7 Å². The molecule has 0 fully saturated rings. The highest BCUT2D eigenvalue weighted by molar-refractivity contribution is 5.88. The van der Waals surface area contributed by atoms with Gasteiger partial charge in [0.15, 0.2) is 0 Å². The minimum absolute atomic E-state index is 0.0339. The maximum Gasteiger partial charge on any atom is 0.243 e. The predicted octanol–water partition coefficient (Wildman–Crippen LogP) is 3.82. The summed E-state index contributed by atoms with van der Waals surface area (Å²) >= 11 is 0. The topological polar surface area (TPSA) is 58.6 Å². The molecule has 2 aromatic carbocycles. The third-order valence-corrected chi connectivity index (χ3v) is 4.79. The highest BCUT2D eigenvalue weighted by atomic mass is 16.5. The van der Waals surface area contributed by atoms with Gasteiger partial charge in [0.25, 0.3) is 0 Å². The van der Waals surface area contributed by atoms with Crippen molar-refractivity contribution in [3.63, 3.8) is 0 Å². The fourth-order valence-electron chi connectivity index (χ4n) is 3.15. The fourth-order valence-corrected chi connectivity index (χ4v) is 3.15. The number of ether oxygens (including phenoxy) is 1. The van der Waals surface area contributed by atoms with E-state index in [0.29, 0.717) is 19.5 Å². The van der Waals surface area contributed by atoms with Gasteiger partial charge < -0.3 is 15.0 Å². The van der Waals surface area contributed by atoms with E-state index in [9.17, 15) is 9.59 Å². The molecule has 0 bridgehead atoms. The highest BCUT2D eigenvalue weighted by Gasteiger charge is 2.31. The maximum atomic E-state index is 13.1. The molecule has 0 saturated heterocycles. The molecule has 2 amide bonds. The zero-order chi connectivity index (χ0) is 21.2. The van der Waals surface area contributed by atoms with E-state index in [4.69, 9.17) is 4.74 Å². The third-order valence-electron chi connectivity index (χ3n) is 4.79. The summed E-state index contributed by atoms with van der Waals surface area (Å²) in [6, 6.07) is 16.9. The summed E-state index contributed by atoms with van der Waals surface area (Å²) in [5.41, 5.74) is 1.99. The van der Waals surface area contributed by atoms with Crippen LogP contribution >= 0.6 is 0 Å². The largest absolute Gasteiger partial charge is 0.497 e. The highest BCUT2D eigenvalue weighted by Crippen LogP contribution is 2.19. The Balaban J connectivity index is 2.35. The van der Waals surface area contributed by atoms with Crippen molar-refractivity contribution in [2.45, 2.75) is 46.2 Å². The lowest BCUT2D eigenvalue weighted by atomic mass is 10.0. The average Bonchev–Trinajstić information content (AvgIpc) is 2.75. The standard InChI is InChI=1S/C24H32N2O3/c1-5-15-25-23(27)22(16-19-9-7-6-8-10-19)26(24(28)18(2)3)17-20-11-13-21(29-4)14-12-20/h6-14,18,22H,5,15-17H2,1-4H3,(H,25,27). The van der Waals surface area contributed by atoms with Gasteiger partial charge in [-0.1, -0.05) is 63.2 Å². The molecule has 0 aromatic heterocycles. The molecule has 5 nitrogen and oxygen atoms in total. The summed E-state index contributed by atoms with van der Waals surface area (Å²) in [4.78, 5) is 27.9. The molecule has 2 rings (SSSR count). The van der Waals surface area contributed by atoms with Crippen molar-refractivity contribution >= 4 is 11.8 Å². The lowest BCUT2D eigenvalue weighted by Gasteiger charge is -2.32. The molecule has 0 saturated carbocycles. The number of benzene rings is 2. The minimum atomic E-state index is -0.569. The monoisotopic (exact) mass is 396 g/mol. The molecule has 0 aliphatic rings. The van der Waals surface area contributed by atoms with Crippen LogP contribution in [-0.2, 0) is 22.6 Å². The van der Waals surface area contributed by atoms with Gasteiger partial charge >= 0.3 is 0 Å². The Hall–Kier alpha value is -2.82. The van der Waals surface area contributed by atoms with Crippen LogP contribution in [0.2, 0.25) is 0 Å². The van der Waals surface area contributed by atoms with Gasteiger partial charge in [0.05, 0.1) is 7.11 Å². The van der Waals surface area contributed by atoms with Crippen LogP contribution in [0, 0.1) is 5.92 Å². The molecule has 156 valence electrons. The zero-order valence-corrected chi connectivity index (χ0v) is 17.9.